The molecule has 1 nitrogen and oxygen atoms in total. The van der Waals surface area contributed by atoms with E-state index < -0.39 is 6.10 Å². The van der Waals surface area contributed by atoms with E-state index in [0.29, 0.717) is 12.3 Å². The van der Waals surface area contributed by atoms with Crippen LogP contribution in [0.4, 0.5) is 4.39 Å². The van der Waals surface area contributed by atoms with Crippen LogP contribution < -0.4 is 0 Å². The summed E-state index contributed by atoms with van der Waals surface area (Å²) in [6.07, 6.45) is 2.39. The highest BCUT2D eigenvalue weighted by atomic mass is 19.1. The van der Waals surface area contributed by atoms with Gasteiger partial charge in [0, 0.05) is 0 Å². The Morgan fingerprint density at radius 2 is 2.06 bits per heavy atom. The number of aryl methyl sites for hydroxylation is 1. The predicted molar refractivity (Wildman–Crippen MR) is 64.8 cm³/mol. The van der Waals surface area contributed by atoms with Crippen LogP contribution in [0.15, 0.2) is 18.2 Å². The monoisotopic (exact) mass is 224 g/mol. The van der Waals surface area contributed by atoms with E-state index in [9.17, 15) is 9.50 Å². The third-order valence-corrected chi connectivity index (χ3v) is 3.01. The number of benzene rings is 1. The molecule has 0 amide bonds. The largest absolute Gasteiger partial charge is 0.388 e. The minimum absolute atomic E-state index is 0.275. The lowest BCUT2D eigenvalue weighted by Gasteiger charge is -2.18. The minimum Gasteiger partial charge on any atom is -0.388 e. The molecule has 0 spiro atoms. The van der Waals surface area contributed by atoms with Crippen LogP contribution in [0, 0.1) is 18.7 Å². The molecule has 16 heavy (non-hydrogen) atoms. The van der Waals surface area contributed by atoms with E-state index in [1.165, 1.54) is 12.1 Å². The van der Waals surface area contributed by atoms with Gasteiger partial charge in [0.15, 0.2) is 0 Å². The van der Waals surface area contributed by atoms with E-state index in [1.54, 1.807) is 6.07 Å². The second kappa shape index (κ2) is 6.00. The summed E-state index contributed by atoms with van der Waals surface area (Å²) < 4.78 is 13.1. The van der Waals surface area contributed by atoms with Crippen molar-refractivity contribution in [2.24, 2.45) is 5.92 Å². The molecule has 90 valence electrons. The minimum atomic E-state index is -0.544. The molecule has 0 fully saturated rings. The van der Waals surface area contributed by atoms with Gasteiger partial charge in [0.25, 0.3) is 0 Å². The van der Waals surface area contributed by atoms with E-state index >= 15 is 0 Å². The lowest BCUT2D eigenvalue weighted by Crippen LogP contribution is -2.06. The molecule has 1 aromatic rings. The first-order valence-electron chi connectivity index (χ1n) is 5.98. The Balaban J connectivity index is 2.72. The van der Waals surface area contributed by atoms with Crippen LogP contribution in [0.5, 0.6) is 0 Å². The molecule has 1 rings (SSSR count). The van der Waals surface area contributed by atoms with Gasteiger partial charge >= 0.3 is 0 Å². The summed E-state index contributed by atoms with van der Waals surface area (Å²) in [7, 11) is 0. The highest BCUT2D eigenvalue weighted by molar-refractivity contribution is 5.28. The van der Waals surface area contributed by atoms with Crippen molar-refractivity contribution in [3.63, 3.8) is 0 Å². The van der Waals surface area contributed by atoms with Crippen molar-refractivity contribution < 1.29 is 9.50 Å². The zero-order valence-corrected chi connectivity index (χ0v) is 10.3. The van der Waals surface area contributed by atoms with E-state index in [1.807, 2.05) is 6.92 Å². The molecule has 0 aliphatic heterocycles. The quantitative estimate of drug-likeness (QED) is 0.801. The number of aliphatic hydroxyl groups is 1. The fourth-order valence-electron chi connectivity index (χ4n) is 2.09. The van der Waals surface area contributed by atoms with E-state index in [0.717, 1.165) is 24.0 Å². The van der Waals surface area contributed by atoms with Crippen molar-refractivity contribution in [3.05, 3.63) is 35.1 Å². The van der Waals surface area contributed by atoms with Crippen LogP contribution in [0.1, 0.15) is 50.3 Å². The van der Waals surface area contributed by atoms with Gasteiger partial charge in [-0.05, 0) is 42.5 Å². The Hall–Kier alpha value is -0.890. The summed E-state index contributed by atoms with van der Waals surface area (Å²) in [5.74, 6) is 0.200. The number of hydrogen-bond donors (Lipinski definition) is 1. The maximum Gasteiger partial charge on any atom is 0.123 e. The molecule has 0 aliphatic carbocycles. The van der Waals surface area contributed by atoms with Gasteiger partial charge in [0.1, 0.15) is 5.82 Å². The number of aliphatic hydroxyl groups excluding tert-OH is 1. The molecule has 1 N–H and O–H groups in total. The van der Waals surface area contributed by atoms with Crippen molar-refractivity contribution in [1.29, 1.82) is 0 Å². The van der Waals surface area contributed by atoms with E-state index in [4.69, 9.17) is 0 Å². The highest BCUT2D eigenvalue weighted by Crippen LogP contribution is 2.26. The maximum atomic E-state index is 13.1. The third-order valence-electron chi connectivity index (χ3n) is 3.01. The van der Waals surface area contributed by atoms with Crippen LogP contribution in [-0.4, -0.2) is 5.11 Å². The first-order valence-corrected chi connectivity index (χ1v) is 5.98. The Bertz CT molecular complexity index is 336. The Morgan fingerprint density at radius 3 is 2.69 bits per heavy atom. The van der Waals surface area contributed by atoms with Gasteiger partial charge in [-0.2, -0.15) is 0 Å². The molecule has 0 saturated heterocycles. The van der Waals surface area contributed by atoms with Crippen LogP contribution in [0.25, 0.3) is 0 Å². The number of halogens is 1. The molecule has 2 unspecified atom stereocenters. The molecule has 2 atom stereocenters. The summed E-state index contributed by atoms with van der Waals surface area (Å²) in [5.41, 5.74) is 1.68. The van der Waals surface area contributed by atoms with Gasteiger partial charge in [-0.15, -0.1) is 0 Å². The van der Waals surface area contributed by atoms with Crippen molar-refractivity contribution in [3.8, 4) is 0 Å². The number of rotatable bonds is 5. The first kappa shape index (κ1) is 13.2. The average Bonchev–Trinajstić information content (AvgIpc) is 2.21. The molecule has 2 heteroatoms. The van der Waals surface area contributed by atoms with E-state index in [-0.39, 0.29) is 5.82 Å². The Morgan fingerprint density at radius 1 is 1.38 bits per heavy atom. The Labute approximate surface area is 97.3 Å². The van der Waals surface area contributed by atoms with Gasteiger partial charge < -0.3 is 5.11 Å². The first-order chi connectivity index (χ1) is 7.54. The topological polar surface area (TPSA) is 20.2 Å². The summed E-state index contributed by atoms with van der Waals surface area (Å²) in [6, 6.07) is 4.60. The summed E-state index contributed by atoms with van der Waals surface area (Å²) in [6.45, 7) is 6.17. The molecule has 0 heterocycles. The second-order valence-corrected chi connectivity index (χ2v) is 4.65. The smallest absolute Gasteiger partial charge is 0.123 e. The Kier molecular flexibility index (Phi) is 4.94. The van der Waals surface area contributed by atoms with Crippen LogP contribution in [0.2, 0.25) is 0 Å². The fourth-order valence-corrected chi connectivity index (χ4v) is 2.09. The molecular formula is C14H21FO. The van der Waals surface area contributed by atoms with Crippen LogP contribution in [-0.2, 0) is 0 Å². The molecule has 0 aliphatic rings. The average molecular weight is 224 g/mol. The van der Waals surface area contributed by atoms with Gasteiger partial charge in [-0.25, -0.2) is 4.39 Å². The maximum absolute atomic E-state index is 13.1. The molecular weight excluding hydrogens is 203 g/mol. The predicted octanol–water partition coefficient (Wildman–Crippen LogP) is 3.99. The molecule has 0 radical (unpaired) electrons. The van der Waals surface area contributed by atoms with E-state index in [2.05, 4.69) is 13.8 Å². The summed E-state index contributed by atoms with van der Waals surface area (Å²) in [5, 5.41) is 10.1. The zero-order valence-electron chi connectivity index (χ0n) is 10.3. The van der Waals surface area contributed by atoms with Crippen molar-refractivity contribution >= 4 is 0 Å². The van der Waals surface area contributed by atoms with Crippen LogP contribution in [0.3, 0.4) is 0 Å². The van der Waals surface area contributed by atoms with Gasteiger partial charge in [-0.3, -0.25) is 0 Å². The molecule has 0 bridgehead atoms. The lowest BCUT2D eigenvalue weighted by molar-refractivity contribution is 0.144. The van der Waals surface area contributed by atoms with Gasteiger partial charge in [0.2, 0.25) is 0 Å². The van der Waals surface area contributed by atoms with Crippen LogP contribution >= 0.6 is 0 Å². The molecule has 1 aromatic carbocycles. The number of hydrogen-bond acceptors (Lipinski definition) is 1. The summed E-state index contributed by atoms with van der Waals surface area (Å²) in [4.78, 5) is 0. The van der Waals surface area contributed by atoms with Crippen molar-refractivity contribution in [2.45, 2.75) is 46.1 Å². The van der Waals surface area contributed by atoms with Gasteiger partial charge in [0.05, 0.1) is 6.10 Å². The standard InChI is InChI=1S/C14H21FO/c1-4-5-10(2)8-14(16)13-9-12(15)7-6-11(13)3/h6-7,9-10,14,16H,4-5,8H2,1-3H3. The van der Waals surface area contributed by atoms with Crippen molar-refractivity contribution in [2.75, 3.05) is 0 Å². The molecule has 0 aromatic heterocycles. The zero-order chi connectivity index (χ0) is 12.1. The second-order valence-electron chi connectivity index (χ2n) is 4.65. The highest BCUT2D eigenvalue weighted by Gasteiger charge is 2.14. The normalized spacial score (nSPS) is 14.8. The lowest BCUT2D eigenvalue weighted by atomic mass is 9.93. The van der Waals surface area contributed by atoms with Gasteiger partial charge in [-0.1, -0.05) is 32.8 Å². The van der Waals surface area contributed by atoms with Crippen molar-refractivity contribution in [1.82, 2.24) is 0 Å². The SMILES string of the molecule is CCCC(C)CC(O)c1cc(F)ccc1C. The summed E-state index contributed by atoms with van der Waals surface area (Å²) >= 11 is 0. The third kappa shape index (κ3) is 3.60. The fraction of sp³-hybridized carbons (Fsp3) is 0.571. The molecule has 0 saturated carbocycles.